The first-order valence-corrected chi connectivity index (χ1v) is 6.82. The van der Waals surface area contributed by atoms with Crippen LogP contribution in [0.3, 0.4) is 0 Å². The van der Waals surface area contributed by atoms with Gasteiger partial charge in [0.05, 0.1) is 5.69 Å². The lowest BCUT2D eigenvalue weighted by Crippen LogP contribution is -2.38. The van der Waals surface area contributed by atoms with Crippen LogP contribution in [0.25, 0.3) is 0 Å². The summed E-state index contributed by atoms with van der Waals surface area (Å²) in [7, 11) is 1.62. The van der Waals surface area contributed by atoms with Crippen molar-refractivity contribution in [2.45, 2.75) is 19.4 Å². The molecule has 0 saturated heterocycles. The standard InChI is InChI=1S/C13H18BrFN2O2/c1-9(13(18)16-6-3-7-19-2)17-12-8-10(15)4-5-11(12)14/h4-5,8-9,17H,3,6-7H2,1-2H3,(H,16,18). The smallest absolute Gasteiger partial charge is 0.242 e. The number of halogens is 2. The number of carbonyl (C=O) groups is 1. The van der Waals surface area contributed by atoms with Gasteiger partial charge < -0.3 is 15.4 Å². The zero-order valence-corrected chi connectivity index (χ0v) is 12.6. The molecule has 4 nitrogen and oxygen atoms in total. The summed E-state index contributed by atoms with van der Waals surface area (Å²) in [4.78, 5) is 11.8. The molecule has 0 bridgehead atoms. The van der Waals surface area contributed by atoms with Crippen molar-refractivity contribution in [3.8, 4) is 0 Å². The molecule has 0 radical (unpaired) electrons. The quantitative estimate of drug-likeness (QED) is 0.754. The highest BCUT2D eigenvalue weighted by atomic mass is 79.9. The molecule has 1 atom stereocenters. The number of amides is 1. The number of hydrogen-bond acceptors (Lipinski definition) is 3. The van der Waals surface area contributed by atoms with Crippen LogP contribution in [0.15, 0.2) is 22.7 Å². The van der Waals surface area contributed by atoms with Crippen LogP contribution in [0.1, 0.15) is 13.3 Å². The summed E-state index contributed by atoms with van der Waals surface area (Å²) < 4.78 is 18.7. The van der Waals surface area contributed by atoms with Gasteiger partial charge in [0.25, 0.3) is 0 Å². The summed E-state index contributed by atoms with van der Waals surface area (Å²) in [5.41, 5.74) is 0.555. The van der Waals surface area contributed by atoms with Crippen molar-refractivity contribution < 1.29 is 13.9 Å². The van der Waals surface area contributed by atoms with Gasteiger partial charge >= 0.3 is 0 Å². The zero-order chi connectivity index (χ0) is 14.3. The number of carbonyl (C=O) groups excluding carboxylic acids is 1. The Kier molecular flexibility index (Phi) is 6.80. The van der Waals surface area contributed by atoms with Crippen LogP contribution < -0.4 is 10.6 Å². The van der Waals surface area contributed by atoms with Crippen molar-refractivity contribution in [1.29, 1.82) is 0 Å². The summed E-state index contributed by atoms with van der Waals surface area (Å²) >= 11 is 3.30. The molecule has 0 aliphatic heterocycles. The lowest BCUT2D eigenvalue weighted by molar-refractivity contribution is -0.121. The Balaban J connectivity index is 2.47. The highest BCUT2D eigenvalue weighted by molar-refractivity contribution is 9.10. The molecular formula is C13H18BrFN2O2. The van der Waals surface area contributed by atoms with Crippen molar-refractivity contribution >= 4 is 27.5 Å². The number of rotatable bonds is 7. The van der Waals surface area contributed by atoms with Gasteiger partial charge in [-0.2, -0.15) is 0 Å². The van der Waals surface area contributed by atoms with Crippen LogP contribution >= 0.6 is 15.9 Å². The second-order valence-electron chi connectivity index (χ2n) is 4.13. The fourth-order valence-electron chi connectivity index (χ4n) is 1.49. The van der Waals surface area contributed by atoms with Crippen LogP contribution in [0, 0.1) is 5.82 Å². The van der Waals surface area contributed by atoms with Gasteiger partial charge in [0, 0.05) is 24.7 Å². The van der Waals surface area contributed by atoms with Crippen molar-refractivity contribution in [2.75, 3.05) is 25.6 Å². The minimum atomic E-state index is -0.444. The van der Waals surface area contributed by atoms with Gasteiger partial charge in [-0.3, -0.25) is 4.79 Å². The fourth-order valence-corrected chi connectivity index (χ4v) is 1.85. The highest BCUT2D eigenvalue weighted by Gasteiger charge is 2.13. The van der Waals surface area contributed by atoms with E-state index in [4.69, 9.17) is 4.74 Å². The Bertz CT molecular complexity index is 429. The number of hydrogen-bond donors (Lipinski definition) is 2. The topological polar surface area (TPSA) is 50.4 Å². The van der Waals surface area contributed by atoms with Crippen LogP contribution in [0.4, 0.5) is 10.1 Å². The maximum atomic E-state index is 13.1. The summed E-state index contributed by atoms with van der Waals surface area (Å²) in [5, 5.41) is 5.74. The van der Waals surface area contributed by atoms with Crippen LogP contribution in [0.2, 0.25) is 0 Å². The third-order valence-electron chi connectivity index (χ3n) is 2.52. The maximum absolute atomic E-state index is 13.1. The Morgan fingerprint density at radius 3 is 2.95 bits per heavy atom. The Morgan fingerprint density at radius 2 is 2.26 bits per heavy atom. The maximum Gasteiger partial charge on any atom is 0.242 e. The molecule has 106 valence electrons. The third-order valence-corrected chi connectivity index (χ3v) is 3.21. The first-order chi connectivity index (χ1) is 9.04. The van der Waals surface area contributed by atoms with Gasteiger partial charge in [-0.1, -0.05) is 0 Å². The normalized spacial score (nSPS) is 12.0. The number of benzene rings is 1. The van der Waals surface area contributed by atoms with E-state index in [0.717, 1.165) is 6.42 Å². The molecule has 0 heterocycles. The van der Waals surface area contributed by atoms with Crippen molar-refractivity contribution in [2.24, 2.45) is 0 Å². The number of ether oxygens (including phenoxy) is 1. The average molecular weight is 333 g/mol. The van der Waals surface area contributed by atoms with Crippen molar-refractivity contribution in [1.82, 2.24) is 5.32 Å². The number of anilines is 1. The average Bonchev–Trinajstić information content (AvgIpc) is 2.38. The fraction of sp³-hybridized carbons (Fsp3) is 0.462. The van der Waals surface area contributed by atoms with E-state index < -0.39 is 6.04 Å². The molecule has 0 aliphatic rings. The first-order valence-electron chi connectivity index (χ1n) is 6.03. The molecule has 0 spiro atoms. The van der Waals surface area contributed by atoms with Gasteiger partial charge in [-0.25, -0.2) is 4.39 Å². The predicted octanol–water partition coefficient (Wildman–Crippen LogP) is 2.54. The highest BCUT2D eigenvalue weighted by Crippen LogP contribution is 2.23. The second-order valence-corrected chi connectivity index (χ2v) is 4.98. The molecule has 1 unspecified atom stereocenters. The molecule has 19 heavy (non-hydrogen) atoms. The lowest BCUT2D eigenvalue weighted by atomic mass is 10.2. The van der Waals surface area contributed by atoms with E-state index in [0.29, 0.717) is 23.3 Å². The van der Waals surface area contributed by atoms with E-state index in [1.54, 1.807) is 20.1 Å². The molecule has 1 aromatic rings. The SMILES string of the molecule is COCCCNC(=O)C(C)Nc1cc(F)ccc1Br. The molecule has 0 aromatic heterocycles. The Morgan fingerprint density at radius 1 is 1.53 bits per heavy atom. The largest absolute Gasteiger partial charge is 0.385 e. The van der Waals surface area contributed by atoms with Crippen LogP contribution in [0.5, 0.6) is 0 Å². The van der Waals surface area contributed by atoms with E-state index in [1.165, 1.54) is 12.1 Å². The molecule has 1 rings (SSSR count). The van der Waals surface area contributed by atoms with Gasteiger partial charge in [-0.15, -0.1) is 0 Å². The van der Waals surface area contributed by atoms with E-state index in [1.807, 2.05) is 0 Å². The third kappa shape index (κ3) is 5.57. The Hall–Kier alpha value is -1.14. The minimum absolute atomic E-state index is 0.132. The van der Waals surface area contributed by atoms with Gasteiger partial charge in [0.2, 0.25) is 5.91 Å². The molecule has 1 amide bonds. The summed E-state index contributed by atoms with van der Waals surface area (Å²) in [6.07, 6.45) is 0.763. The summed E-state index contributed by atoms with van der Waals surface area (Å²) in [6, 6.07) is 3.85. The van der Waals surface area contributed by atoms with Gasteiger partial charge in [0.1, 0.15) is 11.9 Å². The molecule has 2 N–H and O–H groups in total. The summed E-state index contributed by atoms with van der Waals surface area (Å²) in [6.45, 7) is 2.89. The van der Waals surface area contributed by atoms with E-state index >= 15 is 0 Å². The Labute approximate surface area is 120 Å². The van der Waals surface area contributed by atoms with Crippen LogP contribution in [-0.2, 0) is 9.53 Å². The number of methoxy groups -OCH3 is 1. The molecule has 0 fully saturated rings. The first kappa shape index (κ1) is 15.9. The monoisotopic (exact) mass is 332 g/mol. The second kappa shape index (κ2) is 8.12. The molecule has 6 heteroatoms. The van der Waals surface area contributed by atoms with E-state index in [9.17, 15) is 9.18 Å². The number of nitrogens with one attached hydrogen (secondary N) is 2. The van der Waals surface area contributed by atoms with Gasteiger partial charge in [-0.05, 0) is 47.5 Å². The molecular weight excluding hydrogens is 315 g/mol. The zero-order valence-electron chi connectivity index (χ0n) is 11.0. The van der Waals surface area contributed by atoms with Crippen molar-refractivity contribution in [3.63, 3.8) is 0 Å². The predicted molar refractivity (Wildman–Crippen MR) is 76.7 cm³/mol. The molecule has 0 aliphatic carbocycles. The molecule has 0 saturated carbocycles. The van der Waals surface area contributed by atoms with Crippen LogP contribution in [-0.4, -0.2) is 32.2 Å². The minimum Gasteiger partial charge on any atom is -0.385 e. The van der Waals surface area contributed by atoms with Gasteiger partial charge in [0.15, 0.2) is 0 Å². The summed E-state index contributed by atoms with van der Waals surface area (Å²) in [5.74, 6) is -0.481. The molecule has 1 aromatic carbocycles. The van der Waals surface area contributed by atoms with Crippen molar-refractivity contribution in [3.05, 3.63) is 28.5 Å². The lowest BCUT2D eigenvalue weighted by Gasteiger charge is -2.16. The van der Waals surface area contributed by atoms with E-state index in [-0.39, 0.29) is 11.7 Å². The van der Waals surface area contributed by atoms with E-state index in [2.05, 4.69) is 26.6 Å².